The number of nitrogens with one attached hydrogen (secondary N) is 3. The van der Waals surface area contributed by atoms with E-state index in [0.717, 1.165) is 4.47 Å². The lowest BCUT2D eigenvalue weighted by atomic mass is 9.94. The summed E-state index contributed by atoms with van der Waals surface area (Å²) < 4.78 is 6.33. The second-order valence-electron chi connectivity index (χ2n) is 6.19. The molecule has 4 N–H and O–H groups in total. The summed E-state index contributed by atoms with van der Waals surface area (Å²) in [5, 5.41) is 18.2. The number of phenols is 1. The first-order valence-corrected chi connectivity index (χ1v) is 9.49. The Bertz CT molecular complexity index is 941. The minimum Gasteiger partial charge on any atom is -0.504 e. The molecule has 2 aromatic rings. The van der Waals surface area contributed by atoms with Gasteiger partial charge < -0.3 is 25.8 Å². The van der Waals surface area contributed by atoms with Crippen LogP contribution >= 0.6 is 15.9 Å². The third kappa shape index (κ3) is 4.28. The van der Waals surface area contributed by atoms with Crippen molar-refractivity contribution in [2.45, 2.75) is 19.9 Å². The molecule has 1 aliphatic heterocycles. The van der Waals surface area contributed by atoms with Crippen molar-refractivity contribution in [1.29, 1.82) is 0 Å². The van der Waals surface area contributed by atoms with E-state index in [4.69, 9.17) is 4.74 Å². The largest absolute Gasteiger partial charge is 0.504 e. The van der Waals surface area contributed by atoms with E-state index >= 15 is 0 Å². The van der Waals surface area contributed by atoms with Crippen LogP contribution in [0.2, 0.25) is 0 Å². The van der Waals surface area contributed by atoms with Gasteiger partial charge in [-0.2, -0.15) is 0 Å². The maximum absolute atomic E-state index is 13.0. The number of phenolic OH excluding ortho intramolecular Hbond substituents is 1. The number of allylic oxidation sites excluding steroid dienone is 1. The highest BCUT2D eigenvalue weighted by molar-refractivity contribution is 9.10. The maximum atomic E-state index is 13.0. The molecule has 0 aliphatic carbocycles. The molecule has 0 aromatic heterocycles. The number of hydrogen-bond acceptors (Lipinski definition) is 4. The Balaban J connectivity index is 1.95. The summed E-state index contributed by atoms with van der Waals surface area (Å²) in [6.07, 6.45) is 0. The fourth-order valence-electron chi connectivity index (χ4n) is 2.96. The van der Waals surface area contributed by atoms with Crippen molar-refractivity contribution in [2.75, 3.05) is 11.9 Å². The molecule has 0 fully saturated rings. The van der Waals surface area contributed by atoms with Crippen LogP contribution in [0.5, 0.6) is 11.5 Å². The number of ether oxygens (including phenoxy) is 1. The fraction of sp³-hybridized carbons (Fsp3) is 0.200. The molecule has 3 rings (SSSR count). The molecule has 1 heterocycles. The van der Waals surface area contributed by atoms with Crippen molar-refractivity contribution in [3.05, 3.63) is 63.8 Å². The highest BCUT2D eigenvalue weighted by atomic mass is 79.9. The number of carbonyl (C=O) groups excluding carboxylic acids is 2. The molecule has 0 bridgehead atoms. The van der Waals surface area contributed by atoms with E-state index in [0.29, 0.717) is 29.1 Å². The van der Waals surface area contributed by atoms with E-state index in [-0.39, 0.29) is 17.4 Å². The summed E-state index contributed by atoms with van der Waals surface area (Å²) >= 11 is 3.36. The van der Waals surface area contributed by atoms with Gasteiger partial charge in [0.25, 0.3) is 5.91 Å². The SMILES string of the molecule is CCOc1cc(C2NC(=O)NC(C)=C2C(=O)Nc2ccc(Br)cc2)ccc1O. The standard InChI is InChI=1S/C20H20BrN3O4/c1-3-28-16-10-12(4-9-15(16)25)18-17(11(2)22-20(27)24-18)19(26)23-14-7-5-13(21)6-8-14/h4-10,18,25H,3H2,1-2H3,(H,23,26)(H2,22,24,27). The highest BCUT2D eigenvalue weighted by Gasteiger charge is 2.31. The molecule has 1 unspecified atom stereocenters. The molecular formula is C20H20BrN3O4. The first-order chi connectivity index (χ1) is 13.4. The van der Waals surface area contributed by atoms with Gasteiger partial charge in [0, 0.05) is 15.9 Å². The molecule has 8 heteroatoms. The van der Waals surface area contributed by atoms with Gasteiger partial charge in [0.2, 0.25) is 0 Å². The van der Waals surface area contributed by atoms with Crippen molar-refractivity contribution >= 4 is 33.6 Å². The lowest BCUT2D eigenvalue weighted by molar-refractivity contribution is -0.113. The summed E-state index contributed by atoms with van der Waals surface area (Å²) in [4.78, 5) is 25.0. The average molecular weight is 446 g/mol. The molecular weight excluding hydrogens is 426 g/mol. The molecule has 7 nitrogen and oxygen atoms in total. The molecule has 3 amide bonds. The second-order valence-corrected chi connectivity index (χ2v) is 7.11. The quantitative estimate of drug-likeness (QED) is 0.561. The third-order valence-electron chi connectivity index (χ3n) is 4.23. The predicted molar refractivity (Wildman–Crippen MR) is 109 cm³/mol. The first kappa shape index (κ1) is 19.8. The van der Waals surface area contributed by atoms with Crippen molar-refractivity contribution in [3.63, 3.8) is 0 Å². The van der Waals surface area contributed by atoms with Crippen LogP contribution in [-0.4, -0.2) is 23.7 Å². The fourth-order valence-corrected chi connectivity index (χ4v) is 3.22. The predicted octanol–water partition coefficient (Wildman–Crippen LogP) is 3.82. The number of hydrogen-bond donors (Lipinski definition) is 4. The molecule has 146 valence electrons. The third-order valence-corrected chi connectivity index (χ3v) is 4.76. The number of benzene rings is 2. The Hall–Kier alpha value is -3.00. The van der Waals surface area contributed by atoms with Gasteiger partial charge in [0.1, 0.15) is 0 Å². The highest BCUT2D eigenvalue weighted by Crippen LogP contribution is 2.34. The summed E-state index contributed by atoms with van der Waals surface area (Å²) in [6, 6.07) is 10.8. The molecule has 0 saturated heterocycles. The first-order valence-electron chi connectivity index (χ1n) is 8.70. The summed E-state index contributed by atoms with van der Waals surface area (Å²) in [7, 11) is 0. The Morgan fingerprint density at radius 3 is 2.64 bits per heavy atom. The van der Waals surface area contributed by atoms with Crippen LogP contribution in [0.3, 0.4) is 0 Å². The zero-order chi connectivity index (χ0) is 20.3. The van der Waals surface area contributed by atoms with Gasteiger partial charge in [-0.05, 0) is 55.8 Å². The van der Waals surface area contributed by atoms with Gasteiger partial charge in [0.05, 0.1) is 18.2 Å². The minimum atomic E-state index is -0.691. The normalized spacial score (nSPS) is 16.2. The van der Waals surface area contributed by atoms with Gasteiger partial charge in [0.15, 0.2) is 11.5 Å². The van der Waals surface area contributed by atoms with Gasteiger partial charge in [-0.3, -0.25) is 4.79 Å². The van der Waals surface area contributed by atoms with Gasteiger partial charge in [-0.15, -0.1) is 0 Å². The Morgan fingerprint density at radius 2 is 1.96 bits per heavy atom. The van der Waals surface area contributed by atoms with Crippen LogP contribution in [0.1, 0.15) is 25.5 Å². The average Bonchev–Trinajstić information content (AvgIpc) is 2.65. The number of rotatable bonds is 5. The van der Waals surface area contributed by atoms with E-state index in [1.807, 2.05) is 12.1 Å². The van der Waals surface area contributed by atoms with E-state index < -0.39 is 12.1 Å². The van der Waals surface area contributed by atoms with Crippen LogP contribution in [0.15, 0.2) is 58.2 Å². The Kier molecular flexibility index (Phi) is 5.89. The van der Waals surface area contributed by atoms with Crippen molar-refractivity contribution in [2.24, 2.45) is 0 Å². The van der Waals surface area contributed by atoms with E-state index in [1.165, 1.54) is 6.07 Å². The van der Waals surface area contributed by atoms with Gasteiger partial charge in [-0.25, -0.2) is 4.79 Å². The minimum absolute atomic E-state index is 0.00701. The van der Waals surface area contributed by atoms with Crippen molar-refractivity contribution < 1.29 is 19.4 Å². The van der Waals surface area contributed by atoms with E-state index in [1.54, 1.807) is 38.1 Å². The molecule has 1 aliphatic rings. The monoisotopic (exact) mass is 445 g/mol. The topological polar surface area (TPSA) is 99.7 Å². The second kappa shape index (κ2) is 8.35. The molecule has 0 spiro atoms. The van der Waals surface area contributed by atoms with Crippen LogP contribution in [-0.2, 0) is 4.79 Å². The molecule has 28 heavy (non-hydrogen) atoms. The van der Waals surface area contributed by atoms with Crippen LogP contribution in [0.4, 0.5) is 10.5 Å². The summed E-state index contributed by atoms with van der Waals surface area (Å²) in [5.74, 6) is -0.0612. The zero-order valence-electron chi connectivity index (χ0n) is 15.4. The van der Waals surface area contributed by atoms with Crippen molar-refractivity contribution in [3.8, 4) is 11.5 Å². The molecule has 1 atom stereocenters. The Morgan fingerprint density at radius 1 is 1.25 bits per heavy atom. The Labute approximate surface area is 170 Å². The van der Waals surface area contributed by atoms with Crippen LogP contribution in [0, 0.1) is 0 Å². The number of urea groups is 1. The number of halogens is 1. The van der Waals surface area contributed by atoms with Crippen molar-refractivity contribution in [1.82, 2.24) is 10.6 Å². The summed E-state index contributed by atoms with van der Waals surface area (Å²) in [6.45, 7) is 3.85. The maximum Gasteiger partial charge on any atom is 0.319 e. The summed E-state index contributed by atoms with van der Waals surface area (Å²) in [5.41, 5.74) is 2.08. The molecule has 0 saturated carbocycles. The van der Waals surface area contributed by atoms with Gasteiger partial charge in [-0.1, -0.05) is 22.0 Å². The van der Waals surface area contributed by atoms with E-state index in [9.17, 15) is 14.7 Å². The van der Waals surface area contributed by atoms with Crippen LogP contribution < -0.4 is 20.7 Å². The molecule has 0 radical (unpaired) electrons. The number of anilines is 1. The van der Waals surface area contributed by atoms with E-state index in [2.05, 4.69) is 31.9 Å². The smallest absolute Gasteiger partial charge is 0.319 e. The number of carbonyl (C=O) groups is 2. The number of amides is 3. The lowest BCUT2D eigenvalue weighted by Gasteiger charge is -2.29. The molecule has 2 aromatic carbocycles. The van der Waals surface area contributed by atoms with Gasteiger partial charge >= 0.3 is 6.03 Å². The number of aromatic hydroxyl groups is 1. The van der Waals surface area contributed by atoms with Crippen LogP contribution in [0.25, 0.3) is 0 Å². The zero-order valence-corrected chi connectivity index (χ0v) is 17.0. The lowest BCUT2D eigenvalue weighted by Crippen LogP contribution is -2.45.